The van der Waals surface area contributed by atoms with E-state index in [1.54, 1.807) is 18.2 Å². The van der Waals surface area contributed by atoms with E-state index in [9.17, 15) is 9.59 Å². The van der Waals surface area contributed by atoms with Gasteiger partial charge in [0.05, 0.1) is 30.9 Å². The van der Waals surface area contributed by atoms with Crippen molar-refractivity contribution in [2.75, 3.05) is 46.6 Å². The van der Waals surface area contributed by atoms with Crippen molar-refractivity contribution >= 4 is 21.8 Å². The molecule has 2 aliphatic rings. The van der Waals surface area contributed by atoms with E-state index in [1.807, 2.05) is 11.5 Å². The Balaban J connectivity index is 2.07. The first-order valence-corrected chi connectivity index (χ1v) is 9.28. The number of carbonyl (C=O) groups excluding carboxylic acids is 1. The van der Waals surface area contributed by atoms with Gasteiger partial charge in [0, 0.05) is 26.4 Å². The molecule has 8 heteroatoms. The number of hydrogen-bond donors (Lipinski definition) is 0. The molecule has 1 aromatic heterocycles. The normalized spacial score (nSPS) is 18.2. The smallest absolute Gasteiger partial charge is 0.274 e. The summed E-state index contributed by atoms with van der Waals surface area (Å²) < 4.78 is 18.6. The van der Waals surface area contributed by atoms with Crippen molar-refractivity contribution in [2.24, 2.45) is 0 Å². The molecule has 0 bridgehead atoms. The highest BCUT2D eigenvalue weighted by Crippen LogP contribution is 2.36. The zero-order valence-corrected chi connectivity index (χ0v) is 16.1. The maximum absolute atomic E-state index is 13.0. The van der Waals surface area contributed by atoms with E-state index in [0.717, 1.165) is 12.8 Å². The number of hydrogen-bond acceptors (Lipinski definition) is 5. The molecule has 0 atom stereocenters. The second-order valence-electron chi connectivity index (χ2n) is 6.49. The van der Waals surface area contributed by atoms with Crippen LogP contribution in [0.1, 0.15) is 30.3 Å². The zero-order chi connectivity index (χ0) is 18.0. The van der Waals surface area contributed by atoms with Gasteiger partial charge in [0.25, 0.3) is 5.91 Å². The Bertz CT molecular complexity index is 714. The Hall–Kier alpha value is -1.38. The molecule has 0 unspecified atom stereocenters. The van der Waals surface area contributed by atoms with E-state index < -0.39 is 0 Å². The molecule has 7 nitrogen and oxygen atoms in total. The standard InChI is InChI=1S/C17H23BrN2O5/c1-3-4-6-25-15-13-16(22)19(5-7-23-2)9-17(10-24-11-17)20(13)8-12(18)14(15)21/h8H,3-7,9-11H2,1-2H3. The summed E-state index contributed by atoms with van der Waals surface area (Å²) in [5, 5.41) is 0. The number of methoxy groups -OCH3 is 1. The van der Waals surface area contributed by atoms with E-state index in [1.165, 1.54) is 0 Å². The fraction of sp³-hybridized carbons (Fsp3) is 0.647. The predicted octanol–water partition coefficient (Wildman–Crippen LogP) is 1.62. The highest BCUT2D eigenvalue weighted by atomic mass is 79.9. The van der Waals surface area contributed by atoms with E-state index in [2.05, 4.69) is 15.9 Å². The van der Waals surface area contributed by atoms with Crippen molar-refractivity contribution < 1.29 is 19.0 Å². The monoisotopic (exact) mass is 414 g/mol. The van der Waals surface area contributed by atoms with E-state index in [-0.39, 0.29) is 22.6 Å². The fourth-order valence-electron chi connectivity index (χ4n) is 3.19. The summed E-state index contributed by atoms with van der Waals surface area (Å²) >= 11 is 3.32. The maximum Gasteiger partial charge on any atom is 0.274 e. The molecule has 1 spiro atoms. The largest absolute Gasteiger partial charge is 0.487 e. The Kier molecular flexibility index (Phi) is 5.50. The molecule has 2 aliphatic heterocycles. The number of amides is 1. The van der Waals surface area contributed by atoms with Gasteiger partial charge in [-0.3, -0.25) is 9.59 Å². The van der Waals surface area contributed by atoms with E-state index in [4.69, 9.17) is 14.2 Å². The number of carbonyl (C=O) groups is 1. The van der Waals surface area contributed by atoms with Crippen molar-refractivity contribution in [3.8, 4) is 5.75 Å². The van der Waals surface area contributed by atoms with Crippen LogP contribution in [0.5, 0.6) is 5.75 Å². The van der Waals surface area contributed by atoms with E-state index >= 15 is 0 Å². The average Bonchev–Trinajstić information content (AvgIpc) is 2.56. The third-order valence-electron chi connectivity index (χ3n) is 4.66. The Morgan fingerprint density at radius 3 is 2.68 bits per heavy atom. The molecule has 25 heavy (non-hydrogen) atoms. The third-order valence-corrected chi connectivity index (χ3v) is 5.22. The van der Waals surface area contributed by atoms with Crippen LogP contribution in [0.2, 0.25) is 0 Å². The van der Waals surface area contributed by atoms with Crippen LogP contribution >= 0.6 is 15.9 Å². The van der Waals surface area contributed by atoms with Crippen molar-refractivity contribution in [1.82, 2.24) is 9.47 Å². The Morgan fingerprint density at radius 1 is 1.32 bits per heavy atom. The lowest BCUT2D eigenvalue weighted by atomic mass is 9.92. The lowest BCUT2D eigenvalue weighted by Crippen LogP contribution is -2.64. The molecule has 0 aliphatic carbocycles. The molecular weight excluding hydrogens is 392 g/mol. The number of pyridine rings is 1. The number of ether oxygens (including phenoxy) is 3. The Morgan fingerprint density at radius 2 is 2.08 bits per heavy atom. The second-order valence-corrected chi connectivity index (χ2v) is 7.35. The van der Waals surface area contributed by atoms with Gasteiger partial charge in [-0.1, -0.05) is 13.3 Å². The molecule has 0 N–H and O–H groups in total. The van der Waals surface area contributed by atoms with Crippen LogP contribution in [0.3, 0.4) is 0 Å². The van der Waals surface area contributed by atoms with Crippen LogP contribution < -0.4 is 10.2 Å². The van der Waals surface area contributed by atoms with Gasteiger partial charge in [0.1, 0.15) is 5.54 Å². The van der Waals surface area contributed by atoms with Gasteiger partial charge in [0.15, 0.2) is 11.4 Å². The molecule has 0 radical (unpaired) electrons. The number of fused-ring (bicyclic) bond motifs is 2. The molecule has 138 valence electrons. The summed E-state index contributed by atoms with van der Waals surface area (Å²) in [6.07, 6.45) is 3.46. The van der Waals surface area contributed by atoms with E-state index in [0.29, 0.717) is 49.7 Å². The first-order valence-electron chi connectivity index (χ1n) is 8.48. The molecule has 3 rings (SSSR count). The topological polar surface area (TPSA) is 70.0 Å². The lowest BCUT2D eigenvalue weighted by molar-refractivity contribution is -0.118. The molecule has 1 saturated heterocycles. The third kappa shape index (κ3) is 3.22. The van der Waals surface area contributed by atoms with Gasteiger partial charge in [0.2, 0.25) is 5.43 Å². The summed E-state index contributed by atoms with van der Waals surface area (Å²) in [4.78, 5) is 27.4. The first-order chi connectivity index (χ1) is 12.0. The highest BCUT2D eigenvalue weighted by Gasteiger charge is 2.49. The van der Waals surface area contributed by atoms with Gasteiger partial charge in [-0.2, -0.15) is 0 Å². The molecule has 0 aromatic carbocycles. The van der Waals surface area contributed by atoms with Gasteiger partial charge < -0.3 is 23.7 Å². The summed E-state index contributed by atoms with van der Waals surface area (Å²) in [5.74, 6) is -0.0770. The summed E-state index contributed by atoms with van der Waals surface area (Å²) in [6, 6.07) is 0. The molecule has 3 heterocycles. The van der Waals surface area contributed by atoms with Crippen LogP contribution in [-0.2, 0) is 15.0 Å². The number of rotatable bonds is 7. The molecule has 1 fully saturated rings. The van der Waals surface area contributed by atoms with Gasteiger partial charge in [-0.25, -0.2) is 0 Å². The van der Waals surface area contributed by atoms with Gasteiger partial charge in [-0.15, -0.1) is 0 Å². The number of nitrogens with zero attached hydrogens (tertiary/aromatic N) is 2. The summed E-state index contributed by atoms with van der Waals surface area (Å²) in [5.41, 5.74) is -0.328. The van der Waals surface area contributed by atoms with Crippen molar-refractivity contribution in [2.45, 2.75) is 25.3 Å². The number of aromatic nitrogens is 1. The zero-order valence-electron chi connectivity index (χ0n) is 14.5. The van der Waals surface area contributed by atoms with Crippen LogP contribution in [0.4, 0.5) is 0 Å². The Labute approximate surface area is 155 Å². The average molecular weight is 415 g/mol. The fourth-order valence-corrected chi connectivity index (χ4v) is 3.58. The molecule has 1 amide bonds. The quantitative estimate of drug-likeness (QED) is 0.633. The number of unbranched alkanes of at least 4 members (excludes halogenated alkanes) is 1. The van der Waals surface area contributed by atoms with Crippen LogP contribution in [0.15, 0.2) is 15.5 Å². The molecule has 0 saturated carbocycles. The minimum atomic E-state index is -0.351. The van der Waals surface area contributed by atoms with Crippen LogP contribution in [0, 0.1) is 0 Å². The summed E-state index contributed by atoms with van der Waals surface area (Å²) in [6.45, 7) is 4.90. The summed E-state index contributed by atoms with van der Waals surface area (Å²) in [7, 11) is 1.60. The molecular formula is C17H23BrN2O5. The minimum absolute atomic E-state index is 0.126. The van der Waals surface area contributed by atoms with Gasteiger partial charge in [-0.05, 0) is 22.4 Å². The van der Waals surface area contributed by atoms with Gasteiger partial charge >= 0.3 is 0 Å². The van der Waals surface area contributed by atoms with Crippen molar-refractivity contribution in [3.63, 3.8) is 0 Å². The van der Waals surface area contributed by atoms with Crippen LogP contribution in [0.25, 0.3) is 0 Å². The molecule has 1 aromatic rings. The number of halogens is 1. The SMILES string of the molecule is CCCCOc1c2n(cc(Br)c1=O)C1(COC1)CN(CCOC)C2=O. The van der Waals surface area contributed by atoms with Crippen molar-refractivity contribution in [1.29, 1.82) is 0 Å². The first kappa shape index (κ1) is 18.4. The highest BCUT2D eigenvalue weighted by molar-refractivity contribution is 9.10. The predicted molar refractivity (Wildman–Crippen MR) is 95.4 cm³/mol. The van der Waals surface area contributed by atoms with Crippen LogP contribution in [-0.4, -0.2) is 62.0 Å². The lowest BCUT2D eigenvalue weighted by Gasteiger charge is -2.50. The van der Waals surface area contributed by atoms with Crippen molar-refractivity contribution in [3.05, 3.63) is 26.6 Å². The maximum atomic E-state index is 13.0. The minimum Gasteiger partial charge on any atom is -0.487 e. The second kappa shape index (κ2) is 7.47.